The van der Waals surface area contributed by atoms with Crippen molar-refractivity contribution in [2.24, 2.45) is 5.92 Å². The van der Waals surface area contributed by atoms with E-state index in [2.05, 4.69) is 28.5 Å². The number of carbonyl (C=O) groups is 2. The number of aromatic nitrogens is 1. The highest BCUT2D eigenvalue weighted by molar-refractivity contribution is 5.92. The number of carbonyl (C=O) groups excluding carboxylic acids is 2. The molecule has 0 spiro atoms. The normalized spacial score (nSPS) is 14.6. The number of nitrogens with one attached hydrogen (secondary N) is 2. The van der Waals surface area contributed by atoms with E-state index in [1.807, 2.05) is 50.4 Å². The summed E-state index contributed by atoms with van der Waals surface area (Å²) in [6, 6.07) is 5.37. The average Bonchev–Trinajstić information content (AvgIpc) is 2.89. The second kappa shape index (κ2) is 9.41. The number of hydrogen-bond donors (Lipinski definition) is 2. The fourth-order valence-corrected chi connectivity index (χ4v) is 3.42. The van der Waals surface area contributed by atoms with Gasteiger partial charge in [-0.25, -0.2) is 0 Å². The number of rotatable bonds is 8. The largest absolute Gasteiger partial charge is 0.489 e. The Hall–Kier alpha value is -3.08. The molecule has 1 atom stereocenters. The van der Waals surface area contributed by atoms with Crippen LogP contribution < -0.4 is 10.1 Å². The van der Waals surface area contributed by atoms with E-state index in [1.165, 1.54) is 6.92 Å². The predicted molar refractivity (Wildman–Crippen MR) is 116 cm³/mol. The summed E-state index contributed by atoms with van der Waals surface area (Å²) in [6.07, 6.45) is 13.3. The zero-order chi connectivity index (χ0) is 20.8. The first-order valence-corrected chi connectivity index (χ1v) is 9.99. The Morgan fingerprint density at radius 3 is 2.83 bits per heavy atom. The van der Waals surface area contributed by atoms with E-state index in [9.17, 15) is 9.59 Å². The summed E-state index contributed by atoms with van der Waals surface area (Å²) >= 11 is 0. The molecule has 3 rings (SSSR count). The van der Waals surface area contributed by atoms with E-state index >= 15 is 0 Å². The third kappa shape index (κ3) is 5.47. The Bertz CT molecular complexity index is 979. The van der Waals surface area contributed by atoms with Gasteiger partial charge in [-0.3, -0.25) is 9.59 Å². The first kappa shape index (κ1) is 20.6. The molecule has 1 aromatic carbocycles. The molecule has 1 heterocycles. The topological polar surface area (TPSA) is 71.2 Å². The third-order valence-corrected chi connectivity index (χ3v) is 4.97. The summed E-state index contributed by atoms with van der Waals surface area (Å²) < 4.78 is 5.95. The highest BCUT2D eigenvalue weighted by Gasteiger charge is 2.21. The molecule has 2 N–H and O–H groups in total. The van der Waals surface area contributed by atoms with Gasteiger partial charge in [0.2, 0.25) is 5.91 Å². The highest BCUT2D eigenvalue weighted by atomic mass is 16.5. The number of fused-ring (bicyclic) bond motifs is 1. The number of allylic oxidation sites excluding steroid dienone is 4. The molecule has 0 aliphatic heterocycles. The molecule has 152 valence electrons. The van der Waals surface area contributed by atoms with E-state index in [4.69, 9.17) is 4.74 Å². The second-order valence-corrected chi connectivity index (χ2v) is 7.69. The number of H-pyrrole nitrogens is 1. The van der Waals surface area contributed by atoms with Crippen molar-refractivity contribution in [1.29, 1.82) is 0 Å². The van der Waals surface area contributed by atoms with Crippen LogP contribution in [0.2, 0.25) is 0 Å². The molecule has 29 heavy (non-hydrogen) atoms. The maximum atomic E-state index is 12.5. The van der Waals surface area contributed by atoms with Crippen LogP contribution >= 0.6 is 0 Å². The van der Waals surface area contributed by atoms with Gasteiger partial charge in [-0.2, -0.15) is 0 Å². The van der Waals surface area contributed by atoms with Crippen LogP contribution in [0, 0.1) is 5.92 Å². The molecule has 1 aliphatic rings. The lowest BCUT2D eigenvalue weighted by Crippen LogP contribution is -2.43. The smallest absolute Gasteiger partial charge is 0.225 e. The zero-order valence-electron chi connectivity index (χ0n) is 17.2. The minimum absolute atomic E-state index is 0.0281. The van der Waals surface area contributed by atoms with E-state index in [0.717, 1.165) is 34.2 Å². The SMILES string of the molecule is CC(=O)C(NC(=O)Cc1c[nH]c2ccc(OCC3=CC=CCC=C3)cc12)C(C)C. The van der Waals surface area contributed by atoms with Gasteiger partial charge >= 0.3 is 0 Å². The maximum Gasteiger partial charge on any atom is 0.225 e. The van der Waals surface area contributed by atoms with Crippen molar-refractivity contribution >= 4 is 22.6 Å². The van der Waals surface area contributed by atoms with Gasteiger partial charge in [0, 0.05) is 17.1 Å². The molecule has 1 unspecified atom stereocenters. The first-order chi connectivity index (χ1) is 13.9. The summed E-state index contributed by atoms with van der Waals surface area (Å²) in [5.74, 6) is 0.623. The number of ether oxygens (including phenoxy) is 1. The third-order valence-electron chi connectivity index (χ3n) is 4.97. The predicted octanol–water partition coefficient (Wildman–Crippen LogP) is 4.26. The Morgan fingerprint density at radius 1 is 1.24 bits per heavy atom. The van der Waals surface area contributed by atoms with Crippen LogP contribution in [-0.2, 0) is 16.0 Å². The summed E-state index contributed by atoms with van der Waals surface area (Å²) in [7, 11) is 0. The molecule has 5 nitrogen and oxygen atoms in total. The van der Waals surface area contributed by atoms with Crippen molar-refractivity contribution in [2.45, 2.75) is 39.7 Å². The van der Waals surface area contributed by atoms with Gasteiger partial charge in [0.15, 0.2) is 5.78 Å². The Morgan fingerprint density at radius 2 is 2.07 bits per heavy atom. The fraction of sp³-hybridized carbons (Fsp3) is 0.333. The molecular formula is C24H28N2O3. The second-order valence-electron chi connectivity index (χ2n) is 7.69. The molecule has 0 saturated carbocycles. The van der Waals surface area contributed by atoms with Crippen LogP contribution in [0.4, 0.5) is 0 Å². The number of hydrogen-bond acceptors (Lipinski definition) is 3. The Balaban J connectivity index is 1.70. The standard InChI is InChI=1S/C24H28N2O3/c1-16(2)24(17(3)27)26-23(28)12-19-14-25-22-11-10-20(13-21(19)22)29-15-18-8-6-4-5-7-9-18/h4,6-11,13-14,16,24-25H,5,12,15H2,1-3H3,(H,26,28). The van der Waals surface area contributed by atoms with E-state index < -0.39 is 6.04 Å². The number of Topliss-reactive ketones (excluding diaryl/α,β-unsaturated/α-hetero) is 1. The summed E-state index contributed by atoms with van der Waals surface area (Å²) in [4.78, 5) is 27.4. The monoisotopic (exact) mass is 392 g/mol. The van der Waals surface area contributed by atoms with Gasteiger partial charge in [-0.1, -0.05) is 44.2 Å². The van der Waals surface area contributed by atoms with E-state index in [0.29, 0.717) is 6.61 Å². The van der Waals surface area contributed by atoms with Crippen LogP contribution in [0.1, 0.15) is 32.8 Å². The lowest BCUT2D eigenvalue weighted by Gasteiger charge is -2.19. The number of aromatic amines is 1. The number of benzene rings is 1. The zero-order valence-corrected chi connectivity index (χ0v) is 17.2. The van der Waals surface area contributed by atoms with Crippen LogP contribution in [0.15, 0.2) is 60.3 Å². The molecule has 1 aromatic heterocycles. The molecule has 1 amide bonds. The van der Waals surface area contributed by atoms with Gasteiger partial charge in [0.1, 0.15) is 12.4 Å². The lowest BCUT2D eigenvalue weighted by atomic mass is 10.0. The minimum atomic E-state index is -0.457. The quantitative estimate of drug-likeness (QED) is 0.705. The Labute approximate surface area is 171 Å². The summed E-state index contributed by atoms with van der Waals surface area (Å²) in [5, 5.41) is 3.80. The molecule has 0 radical (unpaired) electrons. The maximum absolute atomic E-state index is 12.5. The summed E-state index contributed by atoms with van der Waals surface area (Å²) in [6.45, 7) is 5.85. The lowest BCUT2D eigenvalue weighted by molar-refractivity contribution is -0.127. The van der Waals surface area contributed by atoms with Crippen molar-refractivity contribution in [3.63, 3.8) is 0 Å². The van der Waals surface area contributed by atoms with Gasteiger partial charge < -0.3 is 15.0 Å². The minimum Gasteiger partial charge on any atom is -0.489 e. The van der Waals surface area contributed by atoms with Crippen LogP contribution in [0.3, 0.4) is 0 Å². The van der Waals surface area contributed by atoms with Crippen LogP contribution in [0.5, 0.6) is 5.75 Å². The molecule has 5 heteroatoms. The van der Waals surface area contributed by atoms with Crippen molar-refractivity contribution in [1.82, 2.24) is 10.3 Å². The summed E-state index contributed by atoms with van der Waals surface area (Å²) in [5.41, 5.74) is 2.94. The van der Waals surface area contributed by atoms with Crippen molar-refractivity contribution < 1.29 is 14.3 Å². The average molecular weight is 392 g/mol. The highest BCUT2D eigenvalue weighted by Crippen LogP contribution is 2.25. The van der Waals surface area contributed by atoms with Gasteiger partial charge in [-0.15, -0.1) is 0 Å². The van der Waals surface area contributed by atoms with Gasteiger partial charge in [0.05, 0.1) is 12.5 Å². The molecule has 1 aliphatic carbocycles. The van der Waals surface area contributed by atoms with E-state index in [-0.39, 0.29) is 24.0 Å². The molecule has 2 aromatic rings. The fourth-order valence-electron chi connectivity index (χ4n) is 3.42. The number of ketones is 1. The Kier molecular flexibility index (Phi) is 6.70. The van der Waals surface area contributed by atoms with Crippen molar-refractivity contribution in [2.75, 3.05) is 6.61 Å². The number of amides is 1. The molecule has 0 saturated heterocycles. The van der Waals surface area contributed by atoms with Crippen LogP contribution in [-0.4, -0.2) is 29.3 Å². The molecular weight excluding hydrogens is 364 g/mol. The molecule has 0 bridgehead atoms. The van der Waals surface area contributed by atoms with Crippen molar-refractivity contribution in [3.05, 3.63) is 65.9 Å². The van der Waals surface area contributed by atoms with Crippen LogP contribution in [0.25, 0.3) is 10.9 Å². The molecule has 0 fully saturated rings. The van der Waals surface area contributed by atoms with E-state index in [1.54, 1.807) is 0 Å². The first-order valence-electron chi connectivity index (χ1n) is 9.99. The van der Waals surface area contributed by atoms with Gasteiger partial charge in [-0.05, 0) is 48.6 Å². The van der Waals surface area contributed by atoms with Crippen molar-refractivity contribution in [3.8, 4) is 5.75 Å². The van der Waals surface area contributed by atoms with Gasteiger partial charge in [0.25, 0.3) is 0 Å².